The Morgan fingerprint density at radius 1 is 1.09 bits per heavy atom. The number of carboxylic acid groups (broad SMARTS) is 1. The molecule has 0 saturated carbocycles. The number of nitrogens with one attached hydrogen (secondary N) is 1. The standard InChI is InChI=1S/C24H19N3O4S/c28-23(29)16-8-6-15(7-9-16)19-10-11-20(31-19)22-21(18-5-1-2-12-25-18)26-24(32)27(22)14-17-4-3-13-30-17/h1-13,21-22H,14H2,(H,26,32)(H,28,29)/t21-,22+/m1/s1. The SMILES string of the molecule is O=C(O)c1ccc(-c2ccc([C@H]3[C@@H](c4ccccn4)NC(=S)N3Cc3ccco3)o2)cc1. The zero-order valence-electron chi connectivity index (χ0n) is 16.8. The molecule has 0 spiro atoms. The maximum atomic E-state index is 11.1. The van der Waals surface area contributed by atoms with E-state index >= 15 is 0 Å². The lowest BCUT2D eigenvalue weighted by Gasteiger charge is -2.25. The fourth-order valence-corrected chi connectivity index (χ4v) is 4.20. The first-order valence-corrected chi connectivity index (χ1v) is 10.4. The smallest absolute Gasteiger partial charge is 0.335 e. The van der Waals surface area contributed by atoms with Crippen molar-refractivity contribution >= 4 is 23.3 Å². The number of furan rings is 2. The Morgan fingerprint density at radius 2 is 1.94 bits per heavy atom. The third-order valence-corrected chi connectivity index (χ3v) is 5.79. The highest BCUT2D eigenvalue weighted by Gasteiger charge is 2.42. The molecule has 0 bridgehead atoms. The molecule has 4 aromatic rings. The molecule has 2 atom stereocenters. The topological polar surface area (TPSA) is 91.7 Å². The molecule has 8 heteroatoms. The summed E-state index contributed by atoms with van der Waals surface area (Å²) in [7, 11) is 0. The molecular formula is C24H19N3O4S. The number of carbonyl (C=O) groups is 1. The number of hydrogen-bond acceptors (Lipinski definition) is 5. The van der Waals surface area contributed by atoms with E-state index in [1.807, 2.05) is 47.4 Å². The molecular weight excluding hydrogens is 426 g/mol. The summed E-state index contributed by atoms with van der Waals surface area (Å²) in [4.78, 5) is 17.7. The van der Waals surface area contributed by atoms with Gasteiger partial charge in [-0.2, -0.15) is 0 Å². The van der Waals surface area contributed by atoms with Crippen molar-refractivity contribution in [3.63, 3.8) is 0 Å². The van der Waals surface area contributed by atoms with Crippen LogP contribution in [0.2, 0.25) is 0 Å². The lowest BCUT2D eigenvalue weighted by atomic mass is 10.0. The molecule has 3 aromatic heterocycles. The zero-order valence-corrected chi connectivity index (χ0v) is 17.7. The van der Waals surface area contributed by atoms with Crippen molar-refractivity contribution in [3.05, 3.63) is 102 Å². The molecule has 160 valence electrons. The van der Waals surface area contributed by atoms with Crippen LogP contribution in [0.4, 0.5) is 0 Å². The van der Waals surface area contributed by atoms with Gasteiger partial charge in [0.15, 0.2) is 5.11 Å². The zero-order chi connectivity index (χ0) is 22.1. The molecule has 4 heterocycles. The van der Waals surface area contributed by atoms with Crippen LogP contribution in [-0.2, 0) is 6.54 Å². The number of benzene rings is 1. The van der Waals surface area contributed by atoms with Gasteiger partial charge in [-0.1, -0.05) is 18.2 Å². The number of aromatic nitrogens is 1. The van der Waals surface area contributed by atoms with E-state index in [2.05, 4.69) is 10.3 Å². The fourth-order valence-electron chi connectivity index (χ4n) is 3.90. The van der Waals surface area contributed by atoms with Crippen LogP contribution in [0.3, 0.4) is 0 Å². The monoisotopic (exact) mass is 445 g/mol. The van der Waals surface area contributed by atoms with Crippen LogP contribution in [0.5, 0.6) is 0 Å². The number of pyridine rings is 1. The van der Waals surface area contributed by atoms with Crippen molar-refractivity contribution in [2.45, 2.75) is 18.6 Å². The molecule has 1 aliphatic rings. The van der Waals surface area contributed by atoms with Crippen molar-refractivity contribution in [1.82, 2.24) is 15.2 Å². The molecule has 0 amide bonds. The van der Waals surface area contributed by atoms with Gasteiger partial charge < -0.3 is 24.2 Å². The first kappa shape index (κ1) is 20.0. The Morgan fingerprint density at radius 3 is 2.62 bits per heavy atom. The van der Waals surface area contributed by atoms with Gasteiger partial charge in [-0.05, 0) is 60.7 Å². The molecule has 1 fully saturated rings. The predicted octanol–water partition coefficient (Wildman–Crippen LogP) is 4.81. The predicted molar refractivity (Wildman–Crippen MR) is 121 cm³/mol. The largest absolute Gasteiger partial charge is 0.478 e. The fraction of sp³-hybridized carbons (Fsp3) is 0.125. The minimum absolute atomic E-state index is 0.202. The van der Waals surface area contributed by atoms with E-state index in [9.17, 15) is 4.79 Å². The molecule has 2 N–H and O–H groups in total. The number of carboxylic acids is 1. The minimum Gasteiger partial charge on any atom is -0.478 e. The molecule has 1 aromatic carbocycles. The third kappa shape index (κ3) is 3.76. The summed E-state index contributed by atoms with van der Waals surface area (Å²) in [6.07, 6.45) is 3.39. The summed E-state index contributed by atoms with van der Waals surface area (Å²) < 4.78 is 11.8. The molecule has 7 nitrogen and oxygen atoms in total. The van der Waals surface area contributed by atoms with Gasteiger partial charge in [0, 0.05) is 11.8 Å². The van der Waals surface area contributed by atoms with Gasteiger partial charge in [-0.15, -0.1) is 0 Å². The Hall–Kier alpha value is -3.91. The number of aromatic carboxylic acids is 1. The second kappa shape index (κ2) is 8.32. The molecule has 1 aliphatic heterocycles. The van der Waals surface area contributed by atoms with Crippen molar-refractivity contribution in [1.29, 1.82) is 0 Å². The summed E-state index contributed by atoms with van der Waals surface area (Å²) in [6.45, 7) is 0.482. The highest BCUT2D eigenvalue weighted by Crippen LogP contribution is 2.41. The van der Waals surface area contributed by atoms with Crippen molar-refractivity contribution in [2.24, 2.45) is 0 Å². The first-order valence-electron chi connectivity index (χ1n) is 10.0. The van der Waals surface area contributed by atoms with E-state index in [-0.39, 0.29) is 17.6 Å². The minimum atomic E-state index is -0.964. The van der Waals surface area contributed by atoms with Gasteiger partial charge in [0.1, 0.15) is 23.3 Å². The Labute approximate surface area is 189 Å². The Balaban J connectivity index is 1.51. The van der Waals surface area contributed by atoms with Crippen LogP contribution in [0, 0.1) is 0 Å². The summed E-state index contributed by atoms with van der Waals surface area (Å²) in [5.41, 5.74) is 1.87. The molecule has 0 unspecified atom stereocenters. The summed E-state index contributed by atoms with van der Waals surface area (Å²) >= 11 is 5.65. The Bertz CT molecular complexity index is 1240. The second-order valence-electron chi connectivity index (χ2n) is 7.42. The summed E-state index contributed by atoms with van der Waals surface area (Å²) in [5, 5.41) is 13.1. The van der Waals surface area contributed by atoms with Crippen LogP contribution < -0.4 is 5.32 Å². The lowest BCUT2D eigenvalue weighted by Crippen LogP contribution is -2.28. The van der Waals surface area contributed by atoms with Crippen molar-refractivity contribution < 1.29 is 18.7 Å². The molecule has 0 aliphatic carbocycles. The maximum absolute atomic E-state index is 11.1. The van der Waals surface area contributed by atoms with Crippen LogP contribution in [0.15, 0.2) is 88.0 Å². The van der Waals surface area contributed by atoms with Crippen molar-refractivity contribution in [2.75, 3.05) is 0 Å². The summed E-state index contributed by atoms with van der Waals surface area (Å²) in [6, 6.07) is 19.5. The number of hydrogen-bond donors (Lipinski definition) is 2. The quantitative estimate of drug-likeness (QED) is 0.409. The molecule has 1 saturated heterocycles. The van der Waals surface area contributed by atoms with E-state index in [0.29, 0.717) is 17.4 Å². The van der Waals surface area contributed by atoms with Gasteiger partial charge in [-0.3, -0.25) is 4.98 Å². The van der Waals surface area contributed by atoms with Crippen LogP contribution in [0.25, 0.3) is 11.3 Å². The number of nitrogens with zero attached hydrogens (tertiary/aromatic N) is 2. The van der Waals surface area contributed by atoms with Crippen LogP contribution >= 0.6 is 12.2 Å². The number of rotatable bonds is 6. The van der Waals surface area contributed by atoms with Gasteiger partial charge in [-0.25, -0.2) is 4.79 Å². The highest BCUT2D eigenvalue weighted by atomic mass is 32.1. The summed E-state index contributed by atoms with van der Waals surface area (Å²) in [5.74, 6) is 1.19. The van der Waals surface area contributed by atoms with E-state index in [0.717, 1.165) is 22.8 Å². The van der Waals surface area contributed by atoms with E-state index in [1.165, 1.54) is 0 Å². The van der Waals surface area contributed by atoms with Crippen molar-refractivity contribution in [3.8, 4) is 11.3 Å². The molecule has 5 rings (SSSR count). The molecule has 32 heavy (non-hydrogen) atoms. The Kier molecular flexibility index (Phi) is 5.20. The van der Waals surface area contributed by atoms with Gasteiger partial charge in [0.2, 0.25) is 0 Å². The average molecular weight is 446 g/mol. The van der Waals surface area contributed by atoms with Crippen LogP contribution in [-0.4, -0.2) is 26.1 Å². The van der Waals surface area contributed by atoms with E-state index in [1.54, 1.807) is 36.7 Å². The maximum Gasteiger partial charge on any atom is 0.335 e. The molecule has 0 radical (unpaired) electrons. The normalized spacial score (nSPS) is 18.0. The van der Waals surface area contributed by atoms with Gasteiger partial charge in [0.25, 0.3) is 0 Å². The second-order valence-corrected chi connectivity index (χ2v) is 7.81. The lowest BCUT2D eigenvalue weighted by molar-refractivity contribution is 0.0697. The first-order chi connectivity index (χ1) is 15.6. The van der Waals surface area contributed by atoms with E-state index < -0.39 is 5.97 Å². The number of thiocarbonyl (C=S) groups is 1. The van der Waals surface area contributed by atoms with E-state index in [4.69, 9.17) is 26.2 Å². The van der Waals surface area contributed by atoms with Gasteiger partial charge in [0.05, 0.1) is 30.1 Å². The van der Waals surface area contributed by atoms with Crippen LogP contribution in [0.1, 0.15) is 39.7 Å². The van der Waals surface area contributed by atoms with Gasteiger partial charge >= 0.3 is 5.97 Å². The average Bonchev–Trinajstić information content (AvgIpc) is 3.56. The highest BCUT2D eigenvalue weighted by molar-refractivity contribution is 7.80. The third-order valence-electron chi connectivity index (χ3n) is 5.44.